The van der Waals surface area contributed by atoms with Crippen LogP contribution in [-0.2, 0) is 0 Å². The Hall–Kier alpha value is -0.120. The molecular weight excluding hydrogens is 212 g/mol. The summed E-state index contributed by atoms with van der Waals surface area (Å²) >= 11 is 0. The van der Waals surface area contributed by atoms with E-state index in [1.54, 1.807) is 0 Å². The minimum absolute atomic E-state index is 0.469. The fourth-order valence-electron chi connectivity index (χ4n) is 2.53. The van der Waals surface area contributed by atoms with Crippen LogP contribution in [0.4, 0.5) is 0 Å². The molecule has 0 bridgehead atoms. The van der Waals surface area contributed by atoms with Gasteiger partial charge in [-0.05, 0) is 51.7 Å². The number of β-amino-alcohol motifs (C(OH)–C–C–N with tert-alkyl or cyclic N) is 1. The van der Waals surface area contributed by atoms with Gasteiger partial charge in [-0.3, -0.25) is 0 Å². The Morgan fingerprint density at radius 3 is 2.24 bits per heavy atom. The minimum atomic E-state index is -0.469. The highest BCUT2D eigenvalue weighted by atomic mass is 16.3. The van der Waals surface area contributed by atoms with Crippen molar-refractivity contribution in [3.63, 3.8) is 0 Å². The molecule has 0 spiro atoms. The summed E-state index contributed by atoms with van der Waals surface area (Å²) in [5.41, 5.74) is -0.469. The molecular formula is C14H30N2O. The van der Waals surface area contributed by atoms with Gasteiger partial charge < -0.3 is 15.3 Å². The lowest BCUT2D eigenvalue weighted by molar-refractivity contribution is -0.00978. The average Bonchev–Trinajstić information content (AvgIpc) is 2.38. The fraction of sp³-hybridized carbons (Fsp3) is 1.00. The van der Waals surface area contributed by atoms with E-state index in [2.05, 4.69) is 31.0 Å². The fourth-order valence-corrected chi connectivity index (χ4v) is 2.53. The van der Waals surface area contributed by atoms with Crippen LogP contribution >= 0.6 is 0 Å². The first-order valence-corrected chi connectivity index (χ1v) is 7.31. The molecule has 0 radical (unpaired) electrons. The number of piperidine rings is 1. The van der Waals surface area contributed by atoms with E-state index < -0.39 is 5.60 Å². The number of nitrogens with one attached hydrogen (secondary N) is 1. The summed E-state index contributed by atoms with van der Waals surface area (Å²) in [6.45, 7) is 10.6. The van der Waals surface area contributed by atoms with Crippen molar-refractivity contribution in [1.82, 2.24) is 10.2 Å². The first-order valence-electron chi connectivity index (χ1n) is 7.31. The summed E-state index contributed by atoms with van der Waals surface area (Å²) in [5.74, 6) is 0. The highest BCUT2D eigenvalue weighted by molar-refractivity contribution is 4.84. The topological polar surface area (TPSA) is 35.5 Å². The number of hydrogen-bond acceptors (Lipinski definition) is 3. The quantitative estimate of drug-likeness (QED) is 0.717. The van der Waals surface area contributed by atoms with Gasteiger partial charge >= 0.3 is 0 Å². The van der Waals surface area contributed by atoms with Crippen LogP contribution in [0.5, 0.6) is 0 Å². The Kier molecular flexibility index (Phi) is 6.45. The second kappa shape index (κ2) is 7.34. The molecule has 1 aliphatic rings. The van der Waals surface area contributed by atoms with E-state index in [9.17, 15) is 5.11 Å². The third-order valence-corrected chi connectivity index (χ3v) is 4.10. The molecule has 0 aliphatic carbocycles. The van der Waals surface area contributed by atoms with E-state index in [1.165, 1.54) is 19.3 Å². The SMILES string of the molecule is CCCNC1CCN(CC(O)(CC)CC)CC1. The normalized spacial score (nSPS) is 19.8. The monoisotopic (exact) mass is 242 g/mol. The maximum absolute atomic E-state index is 10.3. The largest absolute Gasteiger partial charge is 0.389 e. The van der Waals surface area contributed by atoms with Crippen LogP contribution in [0.1, 0.15) is 52.9 Å². The molecule has 2 N–H and O–H groups in total. The van der Waals surface area contributed by atoms with E-state index in [1.807, 2.05) is 0 Å². The zero-order chi connectivity index (χ0) is 12.7. The summed E-state index contributed by atoms with van der Waals surface area (Å²) in [6, 6.07) is 0.697. The van der Waals surface area contributed by atoms with Crippen molar-refractivity contribution in [2.75, 3.05) is 26.2 Å². The molecule has 0 unspecified atom stereocenters. The van der Waals surface area contributed by atoms with Crippen LogP contribution in [0.15, 0.2) is 0 Å². The molecule has 0 saturated carbocycles. The summed E-state index contributed by atoms with van der Waals surface area (Å²) in [7, 11) is 0. The standard InChI is InChI=1S/C14H30N2O/c1-4-9-15-13-7-10-16(11-8-13)12-14(17,5-2)6-3/h13,15,17H,4-12H2,1-3H3. The molecule has 102 valence electrons. The van der Waals surface area contributed by atoms with E-state index in [0.29, 0.717) is 6.04 Å². The maximum Gasteiger partial charge on any atom is 0.0768 e. The van der Waals surface area contributed by atoms with Gasteiger partial charge in [0.25, 0.3) is 0 Å². The van der Waals surface area contributed by atoms with Crippen LogP contribution in [0.25, 0.3) is 0 Å². The first-order chi connectivity index (χ1) is 8.13. The molecule has 1 aliphatic heterocycles. The van der Waals surface area contributed by atoms with Crippen LogP contribution < -0.4 is 5.32 Å². The van der Waals surface area contributed by atoms with Gasteiger partial charge in [-0.15, -0.1) is 0 Å². The summed E-state index contributed by atoms with van der Waals surface area (Å²) in [5, 5.41) is 13.9. The molecule has 3 nitrogen and oxygen atoms in total. The summed E-state index contributed by atoms with van der Waals surface area (Å²) in [4.78, 5) is 2.43. The Morgan fingerprint density at radius 2 is 1.76 bits per heavy atom. The van der Waals surface area contributed by atoms with Gasteiger partial charge in [0.2, 0.25) is 0 Å². The molecule has 3 heteroatoms. The highest BCUT2D eigenvalue weighted by Crippen LogP contribution is 2.19. The average molecular weight is 242 g/mol. The minimum Gasteiger partial charge on any atom is -0.389 e. The molecule has 1 saturated heterocycles. The van der Waals surface area contributed by atoms with E-state index in [4.69, 9.17) is 0 Å². The smallest absolute Gasteiger partial charge is 0.0768 e. The third-order valence-electron chi connectivity index (χ3n) is 4.10. The lowest BCUT2D eigenvalue weighted by Gasteiger charge is -2.37. The van der Waals surface area contributed by atoms with Gasteiger partial charge in [0.05, 0.1) is 5.60 Å². The number of nitrogens with zero attached hydrogens (tertiary/aromatic N) is 1. The van der Waals surface area contributed by atoms with Crippen LogP contribution in [0.3, 0.4) is 0 Å². The van der Waals surface area contributed by atoms with Crippen molar-refractivity contribution in [1.29, 1.82) is 0 Å². The molecule has 0 aromatic carbocycles. The zero-order valence-electron chi connectivity index (χ0n) is 11.8. The van der Waals surface area contributed by atoms with Crippen LogP contribution in [0, 0.1) is 0 Å². The van der Waals surface area contributed by atoms with Gasteiger partial charge in [-0.1, -0.05) is 20.8 Å². The predicted molar refractivity (Wildman–Crippen MR) is 73.3 cm³/mol. The Morgan fingerprint density at radius 1 is 1.18 bits per heavy atom. The number of likely N-dealkylation sites (tertiary alicyclic amines) is 1. The number of rotatable bonds is 7. The van der Waals surface area contributed by atoms with Gasteiger partial charge in [0, 0.05) is 12.6 Å². The van der Waals surface area contributed by atoms with E-state index in [-0.39, 0.29) is 0 Å². The maximum atomic E-state index is 10.3. The Balaban J connectivity index is 2.27. The lowest BCUT2D eigenvalue weighted by atomic mass is 9.95. The number of aliphatic hydroxyl groups is 1. The Bertz CT molecular complexity index is 196. The second-order valence-corrected chi connectivity index (χ2v) is 5.44. The van der Waals surface area contributed by atoms with E-state index in [0.717, 1.165) is 39.0 Å². The predicted octanol–water partition coefficient (Wildman–Crippen LogP) is 2.00. The van der Waals surface area contributed by atoms with Gasteiger partial charge in [0.1, 0.15) is 0 Å². The molecule has 1 rings (SSSR count). The molecule has 0 atom stereocenters. The van der Waals surface area contributed by atoms with Crippen molar-refractivity contribution in [2.24, 2.45) is 0 Å². The highest BCUT2D eigenvalue weighted by Gasteiger charge is 2.27. The van der Waals surface area contributed by atoms with Gasteiger partial charge in [-0.2, -0.15) is 0 Å². The Labute approximate surface area is 107 Å². The third kappa shape index (κ3) is 4.94. The van der Waals surface area contributed by atoms with Crippen molar-refractivity contribution >= 4 is 0 Å². The van der Waals surface area contributed by atoms with Crippen molar-refractivity contribution < 1.29 is 5.11 Å². The summed E-state index contributed by atoms with van der Waals surface area (Å²) < 4.78 is 0. The molecule has 0 aromatic rings. The van der Waals surface area contributed by atoms with Crippen molar-refractivity contribution in [3.8, 4) is 0 Å². The van der Waals surface area contributed by atoms with Crippen LogP contribution in [-0.4, -0.2) is 47.8 Å². The zero-order valence-corrected chi connectivity index (χ0v) is 11.8. The summed E-state index contributed by atoms with van der Waals surface area (Å²) in [6.07, 6.45) is 5.38. The molecule has 0 aromatic heterocycles. The second-order valence-electron chi connectivity index (χ2n) is 5.44. The van der Waals surface area contributed by atoms with Gasteiger partial charge in [-0.25, -0.2) is 0 Å². The van der Waals surface area contributed by atoms with Crippen molar-refractivity contribution in [2.45, 2.75) is 64.5 Å². The molecule has 1 fully saturated rings. The van der Waals surface area contributed by atoms with E-state index >= 15 is 0 Å². The molecule has 17 heavy (non-hydrogen) atoms. The van der Waals surface area contributed by atoms with Crippen molar-refractivity contribution in [3.05, 3.63) is 0 Å². The molecule has 1 heterocycles. The number of hydrogen-bond donors (Lipinski definition) is 2. The van der Waals surface area contributed by atoms with Gasteiger partial charge in [0.15, 0.2) is 0 Å². The molecule has 0 amide bonds. The first kappa shape index (κ1) is 14.9. The van der Waals surface area contributed by atoms with Crippen LogP contribution in [0.2, 0.25) is 0 Å². The lowest BCUT2D eigenvalue weighted by Crippen LogP contribution is -2.48.